The molecule has 4 nitrogen and oxygen atoms in total. The number of rotatable bonds is 7. The summed E-state index contributed by atoms with van der Waals surface area (Å²) in [6.45, 7) is 1.96. The number of carbonyl (C=O) groups is 2. The van der Waals surface area contributed by atoms with Gasteiger partial charge in [-0.05, 0) is 48.2 Å². The number of benzene rings is 2. The Morgan fingerprint density at radius 3 is 2.30 bits per heavy atom. The van der Waals surface area contributed by atoms with E-state index in [2.05, 4.69) is 26.6 Å². The smallest absolute Gasteiger partial charge is 0.222 e. The van der Waals surface area contributed by atoms with E-state index in [0.717, 1.165) is 28.4 Å². The quantitative estimate of drug-likeness (QED) is 0.694. The van der Waals surface area contributed by atoms with Gasteiger partial charge in [-0.25, -0.2) is 4.39 Å². The second kappa shape index (κ2) is 8.21. The third-order valence-electron chi connectivity index (χ3n) is 4.97. The predicted molar refractivity (Wildman–Crippen MR) is 106 cm³/mol. The first-order valence-electron chi connectivity index (χ1n) is 8.93. The van der Waals surface area contributed by atoms with E-state index in [4.69, 9.17) is 0 Å². The molecule has 0 aromatic heterocycles. The van der Waals surface area contributed by atoms with Crippen LogP contribution in [0, 0.1) is 5.82 Å². The van der Waals surface area contributed by atoms with Crippen molar-refractivity contribution in [3.63, 3.8) is 0 Å². The first kappa shape index (κ1) is 19.5. The standard InChI is InChI=1S/C21H22BrFN2O2/c1-14(26)25-19(15-2-6-17(22)7-3-15)12-20(27)24-13-21(10-11-21)16-4-8-18(23)9-5-16/h2-9,19H,10-13H2,1H3,(H,24,27)(H,25,26). The monoisotopic (exact) mass is 432 g/mol. The van der Waals surface area contributed by atoms with Crippen LogP contribution in [0.3, 0.4) is 0 Å². The number of hydrogen-bond acceptors (Lipinski definition) is 2. The number of amides is 2. The van der Waals surface area contributed by atoms with Gasteiger partial charge in [0, 0.05) is 23.4 Å². The van der Waals surface area contributed by atoms with Crippen LogP contribution in [0.1, 0.15) is 43.4 Å². The summed E-state index contributed by atoms with van der Waals surface area (Å²) in [5, 5.41) is 5.83. The average Bonchev–Trinajstić information content (AvgIpc) is 3.41. The van der Waals surface area contributed by atoms with Crippen LogP contribution in [0.2, 0.25) is 0 Å². The third-order valence-corrected chi connectivity index (χ3v) is 5.50. The van der Waals surface area contributed by atoms with E-state index in [1.165, 1.54) is 19.1 Å². The molecule has 0 heterocycles. The highest BCUT2D eigenvalue weighted by Crippen LogP contribution is 2.47. The highest BCUT2D eigenvalue weighted by molar-refractivity contribution is 9.10. The lowest BCUT2D eigenvalue weighted by Crippen LogP contribution is -2.36. The van der Waals surface area contributed by atoms with Gasteiger partial charge in [-0.1, -0.05) is 40.2 Å². The Balaban J connectivity index is 1.61. The van der Waals surface area contributed by atoms with Crippen molar-refractivity contribution in [2.45, 2.75) is 37.6 Å². The lowest BCUT2D eigenvalue weighted by atomic mass is 9.95. The molecule has 142 valence electrons. The third kappa shape index (κ3) is 5.16. The maximum Gasteiger partial charge on any atom is 0.222 e. The Morgan fingerprint density at radius 1 is 1.11 bits per heavy atom. The molecule has 1 aliphatic carbocycles. The van der Waals surface area contributed by atoms with Crippen molar-refractivity contribution in [1.29, 1.82) is 0 Å². The molecule has 0 radical (unpaired) electrons. The van der Waals surface area contributed by atoms with Gasteiger partial charge in [-0.3, -0.25) is 9.59 Å². The molecule has 2 N–H and O–H groups in total. The van der Waals surface area contributed by atoms with Gasteiger partial charge in [-0.2, -0.15) is 0 Å². The molecule has 1 fully saturated rings. The van der Waals surface area contributed by atoms with Crippen molar-refractivity contribution in [3.8, 4) is 0 Å². The fourth-order valence-electron chi connectivity index (χ4n) is 3.24. The summed E-state index contributed by atoms with van der Waals surface area (Å²) in [5.74, 6) is -0.558. The lowest BCUT2D eigenvalue weighted by molar-refractivity contribution is -0.122. The normalized spacial score (nSPS) is 15.7. The van der Waals surface area contributed by atoms with Crippen molar-refractivity contribution in [2.75, 3.05) is 6.54 Å². The number of hydrogen-bond donors (Lipinski definition) is 2. The first-order valence-corrected chi connectivity index (χ1v) is 9.73. The maximum absolute atomic E-state index is 13.1. The number of nitrogens with one attached hydrogen (secondary N) is 2. The fraction of sp³-hybridized carbons (Fsp3) is 0.333. The second-order valence-corrected chi connectivity index (χ2v) is 7.99. The molecule has 2 aromatic rings. The zero-order chi connectivity index (χ0) is 19.4. The molecule has 6 heteroatoms. The van der Waals surface area contributed by atoms with Gasteiger partial charge in [0.05, 0.1) is 12.5 Å². The Morgan fingerprint density at radius 2 is 1.74 bits per heavy atom. The largest absolute Gasteiger partial charge is 0.355 e. The van der Waals surface area contributed by atoms with E-state index in [9.17, 15) is 14.0 Å². The minimum atomic E-state index is -0.378. The van der Waals surface area contributed by atoms with Gasteiger partial charge in [-0.15, -0.1) is 0 Å². The molecule has 1 saturated carbocycles. The molecule has 2 amide bonds. The fourth-order valence-corrected chi connectivity index (χ4v) is 3.50. The summed E-state index contributed by atoms with van der Waals surface area (Å²) < 4.78 is 14.1. The highest BCUT2D eigenvalue weighted by Gasteiger charge is 2.44. The minimum absolute atomic E-state index is 0.0928. The van der Waals surface area contributed by atoms with Crippen LogP contribution in [0.15, 0.2) is 53.0 Å². The van der Waals surface area contributed by atoms with Gasteiger partial charge in [0.25, 0.3) is 0 Å². The molecule has 0 saturated heterocycles. The number of carbonyl (C=O) groups excluding carboxylic acids is 2. The highest BCUT2D eigenvalue weighted by atomic mass is 79.9. The van der Waals surface area contributed by atoms with Crippen LogP contribution in [0.5, 0.6) is 0 Å². The van der Waals surface area contributed by atoms with Gasteiger partial charge in [0.1, 0.15) is 5.82 Å². The minimum Gasteiger partial charge on any atom is -0.355 e. The second-order valence-electron chi connectivity index (χ2n) is 7.07. The van der Waals surface area contributed by atoms with Gasteiger partial charge < -0.3 is 10.6 Å². The van der Waals surface area contributed by atoms with Gasteiger partial charge in [0.15, 0.2) is 0 Å². The Bertz CT molecular complexity index is 817. The van der Waals surface area contributed by atoms with Crippen molar-refractivity contribution >= 4 is 27.7 Å². The Kier molecular flexibility index (Phi) is 5.95. The summed E-state index contributed by atoms with van der Waals surface area (Å²) in [4.78, 5) is 24.0. The molecular weight excluding hydrogens is 411 g/mol. The molecule has 0 aliphatic heterocycles. The summed E-state index contributed by atoms with van der Waals surface area (Å²) in [6.07, 6.45) is 2.11. The van der Waals surface area contributed by atoms with Crippen LogP contribution in [0.25, 0.3) is 0 Å². The van der Waals surface area contributed by atoms with Crippen molar-refractivity contribution in [3.05, 3.63) is 69.9 Å². The van der Waals surface area contributed by atoms with Crippen LogP contribution >= 0.6 is 15.9 Å². The zero-order valence-electron chi connectivity index (χ0n) is 15.1. The summed E-state index contributed by atoms with van der Waals surface area (Å²) in [6, 6.07) is 13.7. The summed E-state index contributed by atoms with van der Waals surface area (Å²) in [7, 11) is 0. The van der Waals surface area contributed by atoms with E-state index in [1.807, 2.05) is 24.3 Å². The van der Waals surface area contributed by atoms with E-state index >= 15 is 0 Å². The Labute approximate surface area is 166 Å². The molecular formula is C21H22BrFN2O2. The predicted octanol–water partition coefficient (Wildman–Crippen LogP) is 4.00. The first-order chi connectivity index (χ1) is 12.9. The van der Waals surface area contributed by atoms with Crippen LogP contribution < -0.4 is 10.6 Å². The summed E-state index contributed by atoms with van der Waals surface area (Å²) >= 11 is 3.39. The van der Waals surface area contributed by atoms with E-state index in [-0.39, 0.29) is 35.5 Å². The van der Waals surface area contributed by atoms with Crippen LogP contribution in [-0.4, -0.2) is 18.4 Å². The van der Waals surface area contributed by atoms with E-state index in [1.54, 1.807) is 12.1 Å². The summed E-state index contributed by atoms with van der Waals surface area (Å²) in [5.41, 5.74) is 1.84. The number of halogens is 2. The van der Waals surface area contributed by atoms with Gasteiger partial charge >= 0.3 is 0 Å². The molecule has 0 bridgehead atoms. The molecule has 1 aliphatic rings. The van der Waals surface area contributed by atoms with E-state index in [0.29, 0.717) is 6.54 Å². The lowest BCUT2D eigenvalue weighted by Gasteiger charge is -2.20. The SMILES string of the molecule is CC(=O)NC(CC(=O)NCC1(c2ccc(F)cc2)CC1)c1ccc(Br)cc1. The van der Waals surface area contributed by atoms with Crippen LogP contribution in [-0.2, 0) is 15.0 Å². The maximum atomic E-state index is 13.1. The Hall–Kier alpha value is -2.21. The molecule has 0 spiro atoms. The van der Waals surface area contributed by atoms with E-state index < -0.39 is 0 Å². The topological polar surface area (TPSA) is 58.2 Å². The van der Waals surface area contributed by atoms with Crippen molar-refractivity contribution in [1.82, 2.24) is 10.6 Å². The molecule has 1 unspecified atom stereocenters. The van der Waals surface area contributed by atoms with Crippen LogP contribution in [0.4, 0.5) is 4.39 Å². The van der Waals surface area contributed by atoms with Gasteiger partial charge in [0.2, 0.25) is 11.8 Å². The zero-order valence-corrected chi connectivity index (χ0v) is 16.7. The van der Waals surface area contributed by atoms with Crippen molar-refractivity contribution < 1.29 is 14.0 Å². The molecule has 3 rings (SSSR count). The van der Waals surface area contributed by atoms with Crippen molar-refractivity contribution in [2.24, 2.45) is 0 Å². The molecule has 27 heavy (non-hydrogen) atoms. The average molecular weight is 433 g/mol. The molecule has 2 aromatic carbocycles. The molecule has 1 atom stereocenters.